The first kappa shape index (κ1) is 23.8. The molecule has 0 aliphatic carbocycles. The molecule has 0 aliphatic rings. The third-order valence-electron chi connectivity index (χ3n) is 4.54. The summed E-state index contributed by atoms with van der Waals surface area (Å²) in [6.45, 7) is 1.98. The molecule has 29 heavy (non-hydrogen) atoms. The summed E-state index contributed by atoms with van der Waals surface area (Å²) in [5.41, 5.74) is 3.08. The van der Waals surface area contributed by atoms with Crippen LogP contribution < -0.4 is 10.6 Å². The molecule has 0 amide bonds. The smallest absolute Gasteiger partial charge is 0.325 e. The number of aryl methyl sites for hydroxylation is 1. The van der Waals surface area contributed by atoms with Crippen LogP contribution in [0.2, 0.25) is 5.02 Å². The highest BCUT2D eigenvalue weighted by Gasteiger charge is 2.11. The molecule has 160 valence electrons. The van der Waals surface area contributed by atoms with E-state index in [0.29, 0.717) is 24.5 Å². The van der Waals surface area contributed by atoms with Crippen molar-refractivity contribution < 1.29 is 18.7 Å². The molecule has 4 N–H and O–H groups in total. The third-order valence-corrected chi connectivity index (χ3v) is 5.75. The van der Waals surface area contributed by atoms with Gasteiger partial charge >= 0.3 is 7.60 Å². The maximum absolute atomic E-state index is 12.9. The molecule has 2 rings (SSSR count). The SMILES string of the molecule is O=P(O)(O)CCCNCc1ccc(NCCCCCc2ccc(F)cc2)c(Cl)c1. The predicted octanol–water partition coefficient (Wildman–Crippen LogP) is 4.96. The molecule has 0 aliphatic heterocycles. The first-order chi connectivity index (χ1) is 13.8. The number of rotatable bonds is 13. The lowest BCUT2D eigenvalue weighted by Crippen LogP contribution is -2.15. The number of benzene rings is 2. The highest BCUT2D eigenvalue weighted by molar-refractivity contribution is 7.51. The van der Waals surface area contributed by atoms with Gasteiger partial charge in [0.15, 0.2) is 0 Å². The predicted molar refractivity (Wildman–Crippen MR) is 117 cm³/mol. The molecule has 8 heteroatoms. The quantitative estimate of drug-likeness (QED) is 0.260. The number of nitrogens with one attached hydrogen (secondary N) is 2. The van der Waals surface area contributed by atoms with Crippen molar-refractivity contribution in [3.8, 4) is 0 Å². The van der Waals surface area contributed by atoms with E-state index in [4.69, 9.17) is 21.4 Å². The standard InChI is InChI=1S/C21H29ClFN2O3P/c22-20-15-18(16-24-12-4-14-29(26,27)28)8-11-21(20)25-13-3-1-2-5-17-6-9-19(23)10-7-17/h6-11,15,24-25H,1-5,12-14,16H2,(H2,26,27,28). The van der Waals surface area contributed by atoms with E-state index in [-0.39, 0.29) is 12.0 Å². The van der Waals surface area contributed by atoms with Crippen molar-refractivity contribution in [1.82, 2.24) is 5.32 Å². The van der Waals surface area contributed by atoms with Crippen LogP contribution in [-0.4, -0.2) is 29.0 Å². The second-order valence-corrected chi connectivity index (χ2v) is 9.28. The fourth-order valence-corrected chi connectivity index (χ4v) is 3.80. The summed E-state index contributed by atoms with van der Waals surface area (Å²) >= 11 is 6.34. The van der Waals surface area contributed by atoms with Crippen LogP contribution in [0.5, 0.6) is 0 Å². The van der Waals surface area contributed by atoms with E-state index in [1.165, 1.54) is 12.1 Å². The van der Waals surface area contributed by atoms with Gasteiger partial charge in [0.1, 0.15) is 5.82 Å². The molecule has 0 fully saturated rings. The van der Waals surface area contributed by atoms with E-state index in [1.54, 1.807) is 0 Å². The van der Waals surface area contributed by atoms with E-state index >= 15 is 0 Å². The minimum absolute atomic E-state index is 0.104. The average molecular weight is 443 g/mol. The van der Waals surface area contributed by atoms with Crippen LogP contribution in [0.1, 0.15) is 36.8 Å². The van der Waals surface area contributed by atoms with E-state index < -0.39 is 7.60 Å². The zero-order valence-electron chi connectivity index (χ0n) is 16.4. The van der Waals surface area contributed by atoms with Gasteiger partial charge in [-0.2, -0.15) is 0 Å². The molecule has 0 saturated carbocycles. The van der Waals surface area contributed by atoms with Crippen LogP contribution in [0.4, 0.5) is 10.1 Å². The van der Waals surface area contributed by atoms with E-state index in [0.717, 1.165) is 49.0 Å². The normalized spacial score (nSPS) is 11.6. The topological polar surface area (TPSA) is 81.6 Å². The van der Waals surface area contributed by atoms with Gasteiger partial charge in [0.2, 0.25) is 0 Å². The van der Waals surface area contributed by atoms with Crippen LogP contribution in [0.3, 0.4) is 0 Å². The minimum atomic E-state index is -3.91. The second kappa shape index (κ2) is 12.3. The van der Waals surface area contributed by atoms with Crippen LogP contribution >= 0.6 is 19.2 Å². The summed E-state index contributed by atoms with van der Waals surface area (Å²) in [7, 11) is -3.91. The molecule has 2 aromatic carbocycles. The Balaban J connectivity index is 1.60. The molecule has 0 unspecified atom stereocenters. The summed E-state index contributed by atoms with van der Waals surface area (Å²) in [5, 5.41) is 7.17. The van der Waals surface area contributed by atoms with E-state index in [9.17, 15) is 8.96 Å². The van der Waals surface area contributed by atoms with Crippen LogP contribution in [0, 0.1) is 5.82 Å². The third kappa shape index (κ3) is 10.2. The van der Waals surface area contributed by atoms with Gasteiger partial charge in [-0.15, -0.1) is 0 Å². The Morgan fingerprint density at radius 3 is 2.34 bits per heavy atom. The molecule has 0 aromatic heterocycles. The van der Waals surface area contributed by atoms with E-state index in [2.05, 4.69) is 10.6 Å². The number of unbranched alkanes of at least 4 members (excludes halogenated alkanes) is 2. The van der Waals surface area contributed by atoms with E-state index in [1.807, 2.05) is 30.3 Å². The molecule has 0 radical (unpaired) electrons. The van der Waals surface area contributed by atoms with Crippen molar-refractivity contribution >= 4 is 24.9 Å². The molecule has 0 bridgehead atoms. The van der Waals surface area contributed by atoms with Crippen molar-refractivity contribution in [2.75, 3.05) is 24.6 Å². The van der Waals surface area contributed by atoms with Gasteiger partial charge < -0.3 is 20.4 Å². The highest BCUT2D eigenvalue weighted by Crippen LogP contribution is 2.34. The summed E-state index contributed by atoms with van der Waals surface area (Å²) in [6.07, 6.45) is 4.45. The van der Waals surface area contributed by atoms with Crippen LogP contribution in [0.15, 0.2) is 42.5 Å². The number of halogens is 2. The summed E-state index contributed by atoms with van der Waals surface area (Å²) in [6, 6.07) is 12.5. The van der Waals surface area contributed by atoms with Gasteiger partial charge in [0.05, 0.1) is 16.9 Å². The molecule has 0 atom stereocenters. The van der Waals surface area contributed by atoms with Crippen LogP contribution in [0.25, 0.3) is 0 Å². The lowest BCUT2D eigenvalue weighted by molar-refractivity contribution is 0.371. The van der Waals surface area contributed by atoms with Crippen molar-refractivity contribution in [1.29, 1.82) is 0 Å². The Morgan fingerprint density at radius 2 is 1.66 bits per heavy atom. The van der Waals surface area contributed by atoms with Crippen molar-refractivity contribution in [3.05, 3.63) is 64.4 Å². The van der Waals surface area contributed by atoms with Gasteiger partial charge in [-0.05, 0) is 67.6 Å². The number of anilines is 1. The Bertz CT molecular complexity index is 799. The zero-order valence-corrected chi connectivity index (χ0v) is 18.1. The monoisotopic (exact) mass is 442 g/mol. The Morgan fingerprint density at radius 1 is 0.931 bits per heavy atom. The molecule has 0 heterocycles. The number of hydrogen-bond donors (Lipinski definition) is 4. The Kier molecular flexibility index (Phi) is 10.1. The lowest BCUT2D eigenvalue weighted by atomic mass is 10.1. The average Bonchev–Trinajstić information content (AvgIpc) is 2.66. The maximum Gasteiger partial charge on any atom is 0.325 e. The fraction of sp³-hybridized carbons (Fsp3) is 0.429. The Labute approximate surface area is 176 Å². The zero-order chi connectivity index (χ0) is 21.1. The first-order valence-corrected chi connectivity index (χ1v) is 12.0. The van der Waals surface area contributed by atoms with Crippen LogP contribution in [-0.2, 0) is 17.5 Å². The minimum Gasteiger partial charge on any atom is -0.384 e. The first-order valence-electron chi connectivity index (χ1n) is 9.85. The molecule has 0 spiro atoms. The summed E-state index contributed by atoms with van der Waals surface area (Å²) < 4.78 is 23.7. The van der Waals surface area contributed by atoms with Crippen molar-refractivity contribution in [2.45, 2.75) is 38.6 Å². The van der Waals surface area contributed by atoms with Gasteiger partial charge in [0.25, 0.3) is 0 Å². The number of hydrogen-bond acceptors (Lipinski definition) is 3. The van der Waals surface area contributed by atoms with Gasteiger partial charge in [-0.25, -0.2) is 4.39 Å². The van der Waals surface area contributed by atoms with Crippen molar-refractivity contribution in [3.63, 3.8) is 0 Å². The maximum atomic E-state index is 12.9. The van der Waals surface area contributed by atoms with Gasteiger partial charge in [-0.1, -0.05) is 36.2 Å². The van der Waals surface area contributed by atoms with Crippen molar-refractivity contribution in [2.24, 2.45) is 0 Å². The molecular weight excluding hydrogens is 414 g/mol. The molecular formula is C21H29ClFN2O3P. The second-order valence-electron chi connectivity index (χ2n) is 7.10. The summed E-state index contributed by atoms with van der Waals surface area (Å²) in [5.74, 6) is -0.198. The Hall–Kier alpha value is -1.43. The fourth-order valence-electron chi connectivity index (χ4n) is 2.96. The van der Waals surface area contributed by atoms with Gasteiger partial charge in [0, 0.05) is 13.1 Å². The molecule has 5 nitrogen and oxygen atoms in total. The highest BCUT2D eigenvalue weighted by atomic mass is 35.5. The lowest BCUT2D eigenvalue weighted by Gasteiger charge is -2.11. The van der Waals surface area contributed by atoms with Gasteiger partial charge in [-0.3, -0.25) is 4.57 Å². The molecule has 2 aromatic rings. The largest absolute Gasteiger partial charge is 0.384 e. The molecule has 0 saturated heterocycles. The summed E-state index contributed by atoms with van der Waals surface area (Å²) in [4.78, 5) is 17.7.